The van der Waals surface area contributed by atoms with Gasteiger partial charge in [0.25, 0.3) is 0 Å². The second-order valence-corrected chi connectivity index (χ2v) is 5.34. The van der Waals surface area contributed by atoms with Gasteiger partial charge < -0.3 is 15.2 Å². The molecule has 6 nitrogen and oxygen atoms in total. The van der Waals surface area contributed by atoms with Gasteiger partial charge in [-0.15, -0.1) is 0 Å². The van der Waals surface area contributed by atoms with Crippen LogP contribution in [0.15, 0.2) is 24.3 Å². The normalized spacial score (nSPS) is 19.3. The van der Waals surface area contributed by atoms with Gasteiger partial charge in [-0.3, -0.25) is 9.59 Å². The number of carbonyl (C=O) groups excluding carboxylic acids is 2. The zero-order valence-electron chi connectivity index (χ0n) is 12.4. The minimum Gasteiger partial charge on any atom is -0.481 e. The van der Waals surface area contributed by atoms with Crippen LogP contribution in [0.25, 0.3) is 0 Å². The molecule has 118 valence electrons. The van der Waals surface area contributed by atoms with E-state index in [1.165, 1.54) is 0 Å². The predicted molar refractivity (Wildman–Crippen MR) is 79.5 cm³/mol. The quantitative estimate of drug-likeness (QED) is 0.595. The van der Waals surface area contributed by atoms with Gasteiger partial charge in [0.05, 0.1) is 24.0 Å². The molecule has 2 rings (SSSR count). The largest absolute Gasteiger partial charge is 0.481 e. The van der Waals surface area contributed by atoms with Gasteiger partial charge in [-0.2, -0.15) is 0 Å². The van der Waals surface area contributed by atoms with Crippen LogP contribution in [0.3, 0.4) is 0 Å². The van der Waals surface area contributed by atoms with E-state index >= 15 is 0 Å². The van der Waals surface area contributed by atoms with Crippen molar-refractivity contribution in [1.82, 2.24) is 0 Å². The molecule has 2 N–H and O–H groups in total. The third-order valence-corrected chi connectivity index (χ3v) is 3.56. The van der Waals surface area contributed by atoms with Crippen molar-refractivity contribution in [2.75, 3.05) is 11.9 Å². The molecule has 1 fully saturated rings. The lowest BCUT2D eigenvalue weighted by Gasteiger charge is -2.06. The number of aliphatic carboxylic acids is 1. The molecule has 0 spiro atoms. The Balaban J connectivity index is 1.85. The molecule has 22 heavy (non-hydrogen) atoms. The average molecular weight is 305 g/mol. The molecule has 1 aliphatic rings. The van der Waals surface area contributed by atoms with Gasteiger partial charge in [0.1, 0.15) is 0 Å². The van der Waals surface area contributed by atoms with Crippen LogP contribution < -0.4 is 5.32 Å². The maximum Gasteiger partial charge on any atom is 0.338 e. The molecule has 2 unspecified atom stereocenters. The van der Waals surface area contributed by atoms with Crippen LogP contribution in [0.4, 0.5) is 5.69 Å². The van der Waals surface area contributed by atoms with Gasteiger partial charge in [0.15, 0.2) is 0 Å². The molecule has 2 atom stereocenters. The molecule has 0 radical (unpaired) electrons. The van der Waals surface area contributed by atoms with Crippen LogP contribution in [-0.4, -0.2) is 29.6 Å². The summed E-state index contributed by atoms with van der Waals surface area (Å²) in [6.07, 6.45) is 2.16. The minimum atomic E-state index is -0.940. The first-order chi connectivity index (χ1) is 10.5. The zero-order valence-corrected chi connectivity index (χ0v) is 12.4. The van der Waals surface area contributed by atoms with Crippen LogP contribution in [0, 0.1) is 11.8 Å². The lowest BCUT2D eigenvalue weighted by Crippen LogP contribution is -2.16. The topological polar surface area (TPSA) is 92.7 Å². The van der Waals surface area contributed by atoms with E-state index in [2.05, 4.69) is 5.32 Å². The molecule has 1 aromatic carbocycles. The second kappa shape index (κ2) is 7.06. The smallest absolute Gasteiger partial charge is 0.338 e. The van der Waals surface area contributed by atoms with Crippen LogP contribution in [-0.2, 0) is 14.3 Å². The fourth-order valence-corrected chi connectivity index (χ4v) is 2.07. The molecule has 6 heteroatoms. The Morgan fingerprint density at radius 1 is 1.23 bits per heavy atom. The van der Waals surface area contributed by atoms with Gasteiger partial charge in [-0.1, -0.05) is 13.3 Å². The fourth-order valence-electron chi connectivity index (χ4n) is 2.07. The molecule has 0 heterocycles. The third-order valence-electron chi connectivity index (χ3n) is 3.56. The van der Waals surface area contributed by atoms with E-state index in [1.807, 2.05) is 6.92 Å². The standard InChI is InChI=1S/C16H19NO5/c1-2-3-8-22-16(21)10-4-6-11(7-5-10)17-14(18)12-9-13(12)15(19)20/h4-7,12-13H,2-3,8-9H2,1H3,(H,17,18)(H,19,20). The number of carboxylic acids is 1. The maximum atomic E-state index is 11.8. The van der Waals surface area contributed by atoms with Crippen molar-refractivity contribution in [1.29, 1.82) is 0 Å². The SMILES string of the molecule is CCCCOC(=O)c1ccc(NC(=O)C2CC2C(=O)O)cc1. The van der Waals surface area contributed by atoms with Crippen molar-refractivity contribution in [3.63, 3.8) is 0 Å². The Labute approximate surface area is 128 Å². The van der Waals surface area contributed by atoms with Crippen LogP contribution in [0.5, 0.6) is 0 Å². The monoisotopic (exact) mass is 305 g/mol. The van der Waals surface area contributed by atoms with E-state index in [1.54, 1.807) is 24.3 Å². The van der Waals surface area contributed by atoms with Crippen molar-refractivity contribution >= 4 is 23.5 Å². The highest BCUT2D eigenvalue weighted by molar-refractivity contribution is 5.98. The van der Waals surface area contributed by atoms with Crippen LogP contribution in [0.2, 0.25) is 0 Å². The van der Waals surface area contributed by atoms with E-state index in [0.29, 0.717) is 24.3 Å². The van der Waals surface area contributed by atoms with Gasteiger partial charge in [0, 0.05) is 5.69 Å². The summed E-state index contributed by atoms with van der Waals surface area (Å²) < 4.78 is 5.09. The number of amides is 1. The van der Waals surface area contributed by atoms with E-state index in [9.17, 15) is 14.4 Å². The fraction of sp³-hybridized carbons (Fsp3) is 0.438. The molecule has 0 aromatic heterocycles. The Hall–Kier alpha value is -2.37. The Kier molecular flexibility index (Phi) is 5.14. The summed E-state index contributed by atoms with van der Waals surface area (Å²) in [7, 11) is 0. The number of unbranched alkanes of at least 4 members (excludes halogenated alkanes) is 1. The van der Waals surface area contributed by atoms with E-state index in [-0.39, 0.29) is 11.9 Å². The average Bonchev–Trinajstić information content (AvgIpc) is 3.29. The van der Waals surface area contributed by atoms with Crippen molar-refractivity contribution < 1.29 is 24.2 Å². The van der Waals surface area contributed by atoms with Crippen molar-refractivity contribution in [3.05, 3.63) is 29.8 Å². The molecule has 1 aliphatic carbocycles. The second-order valence-electron chi connectivity index (χ2n) is 5.34. The lowest BCUT2D eigenvalue weighted by molar-refractivity contribution is -0.139. The van der Waals surface area contributed by atoms with Gasteiger partial charge in [-0.05, 0) is 37.1 Å². The number of benzene rings is 1. The molecular formula is C16H19NO5. The molecule has 1 saturated carbocycles. The van der Waals surface area contributed by atoms with Crippen molar-refractivity contribution in [2.45, 2.75) is 26.2 Å². The summed E-state index contributed by atoms with van der Waals surface area (Å²) in [5.74, 6) is -2.67. The third kappa shape index (κ3) is 4.07. The number of carboxylic acid groups (broad SMARTS) is 1. The molecule has 1 aromatic rings. The summed E-state index contributed by atoms with van der Waals surface area (Å²) in [4.78, 5) is 34.3. The summed E-state index contributed by atoms with van der Waals surface area (Å²) >= 11 is 0. The van der Waals surface area contributed by atoms with E-state index < -0.39 is 17.8 Å². The van der Waals surface area contributed by atoms with Gasteiger partial charge >= 0.3 is 11.9 Å². The number of carbonyl (C=O) groups is 3. The first-order valence-electron chi connectivity index (χ1n) is 7.33. The number of anilines is 1. The van der Waals surface area contributed by atoms with Gasteiger partial charge in [-0.25, -0.2) is 4.79 Å². The van der Waals surface area contributed by atoms with Crippen LogP contribution in [0.1, 0.15) is 36.5 Å². The number of hydrogen-bond donors (Lipinski definition) is 2. The minimum absolute atomic E-state index is 0.300. The highest BCUT2D eigenvalue weighted by atomic mass is 16.5. The number of ether oxygens (including phenoxy) is 1. The van der Waals surface area contributed by atoms with Gasteiger partial charge in [0.2, 0.25) is 5.91 Å². The number of hydrogen-bond acceptors (Lipinski definition) is 4. The molecule has 0 saturated heterocycles. The van der Waals surface area contributed by atoms with E-state index in [0.717, 1.165) is 12.8 Å². The van der Waals surface area contributed by atoms with Crippen molar-refractivity contribution in [2.24, 2.45) is 11.8 Å². The Morgan fingerprint density at radius 2 is 1.91 bits per heavy atom. The number of esters is 1. The number of nitrogens with one attached hydrogen (secondary N) is 1. The summed E-state index contributed by atoms with van der Waals surface area (Å²) in [5, 5.41) is 11.4. The van der Waals surface area contributed by atoms with E-state index in [4.69, 9.17) is 9.84 Å². The summed E-state index contributed by atoms with van der Waals surface area (Å²) in [6, 6.07) is 6.36. The highest BCUT2D eigenvalue weighted by Gasteiger charge is 2.48. The summed E-state index contributed by atoms with van der Waals surface area (Å²) in [6.45, 7) is 2.41. The number of rotatable bonds is 7. The molecule has 0 bridgehead atoms. The summed E-state index contributed by atoms with van der Waals surface area (Å²) in [5.41, 5.74) is 0.954. The first-order valence-corrected chi connectivity index (χ1v) is 7.33. The molecule has 0 aliphatic heterocycles. The lowest BCUT2D eigenvalue weighted by atomic mass is 10.2. The zero-order chi connectivity index (χ0) is 16.1. The van der Waals surface area contributed by atoms with Crippen LogP contribution >= 0.6 is 0 Å². The molecular weight excluding hydrogens is 286 g/mol. The molecule has 1 amide bonds. The first kappa shape index (κ1) is 16.0. The van der Waals surface area contributed by atoms with Crippen molar-refractivity contribution in [3.8, 4) is 0 Å². The highest BCUT2D eigenvalue weighted by Crippen LogP contribution is 2.39. The predicted octanol–water partition coefficient (Wildman–Crippen LogP) is 2.30. The Bertz CT molecular complexity index is 566. The maximum absolute atomic E-state index is 11.8. The Morgan fingerprint density at radius 3 is 2.45 bits per heavy atom.